The SMILES string of the molecule is COC(=O)c1ccc(-c2ccc(-c3nc4sc5c(c4c(=O)[nH]3)CC[C@H](C(C)(C)C)C5)o2)cc1. The Hall–Kier alpha value is -3.19. The standard InChI is InChI=1S/C26H26N2O4S/c1-26(2,3)16-9-10-17-20(13-16)33-24-21(17)23(29)27-22(28-24)19-12-11-18(32-19)14-5-7-15(8-6-14)25(30)31-4/h5-8,11-12,16H,9-10,13H2,1-4H3,(H,27,28,29)/t16-/m0/s1. The second kappa shape index (κ2) is 7.99. The molecule has 1 aliphatic carbocycles. The van der Waals surface area contributed by atoms with E-state index in [0.717, 1.165) is 35.0 Å². The molecule has 5 rings (SSSR count). The number of fused-ring (bicyclic) bond motifs is 3. The molecule has 6 nitrogen and oxygen atoms in total. The number of esters is 1. The van der Waals surface area contributed by atoms with Crippen LogP contribution >= 0.6 is 11.3 Å². The summed E-state index contributed by atoms with van der Waals surface area (Å²) in [4.78, 5) is 34.4. The molecule has 0 saturated carbocycles. The summed E-state index contributed by atoms with van der Waals surface area (Å²) in [5.41, 5.74) is 2.60. The Labute approximate surface area is 195 Å². The zero-order valence-electron chi connectivity index (χ0n) is 19.2. The fraction of sp³-hybridized carbons (Fsp3) is 0.346. The maximum atomic E-state index is 13.0. The summed E-state index contributed by atoms with van der Waals surface area (Å²) in [7, 11) is 1.35. The topological polar surface area (TPSA) is 85.2 Å². The molecule has 3 aromatic heterocycles. The number of nitrogens with one attached hydrogen (secondary N) is 1. The monoisotopic (exact) mass is 462 g/mol. The Bertz CT molecular complexity index is 1400. The number of rotatable bonds is 3. The molecule has 4 aromatic rings. The number of nitrogens with zero attached hydrogens (tertiary/aromatic N) is 1. The fourth-order valence-corrected chi connectivity index (χ4v) is 5.85. The van der Waals surface area contributed by atoms with Gasteiger partial charge in [-0.2, -0.15) is 0 Å². The zero-order chi connectivity index (χ0) is 23.3. The van der Waals surface area contributed by atoms with Gasteiger partial charge in [-0.05, 0) is 60.4 Å². The van der Waals surface area contributed by atoms with Crippen molar-refractivity contribution >= 4 is 27.5 Å². The number of hydrogen-bond acceptors (Lipinski definition) is 6. The van der Waals surface area contributed by atoms with Crippen molar-refractivity contribution in [3.05, 3.63) is 62.8 Å². The third kappa shape index (κ3) is 3.91. The van der Waals surface area contributed by atoms with Crippen LogP contribution < -0.4 is 5.56 Å². The highest BCUT2D eigenvalue weighted by Gasteiger charge is 2.31. The van der Waals surface area contributed by atoms with E-state index in [4.69, 9.17) is 14.1 Å². The summed E-state index contributed by atoms with van der Waals surface area (Å²) in [5, 5.41) is 0.733. The van der Waals surface area contributed by atoms with Crippen LogP contribution in [0.2, 0.25) is 0 Å². The number of carbonyl (C=O) groups excluding carboxylic acids is 1. The van der Waals surface area contributed by atoms with Crippen molar-refractivity contribution in [2.24, 2.45) is 11.3 Å². The second-order valence-electron chi connectivity index (χ2n) is 9.64. The molecular formula is C26H26N2O4S. The molecule has 0 saturated heterocycles. The molecule has 0 spiro atoms. The summed E-state index contributed by atoms with van der Waals surface area (Å²) in [6.07, 6.45) is 3.02. The van der Waals surface area contributed by atoms with E-state index in [1.165, 1.54) is 17.6 Å². The van der Waals surface area contributed by atoms with Crippen LogP contribution in [0.25, 0.3) is 33.1 Å². The molecule has 3 heterocycles. The van der Waals surface area contributed by atoms with Crippen molar-refractivity contribution in [2.75, 3.05) is 7.11 Å². The quantitative estimate of drug-likeness (QED) is 0.386. The van der Waals surface area contributed by atoms with E-state index in [2.05, 4.69) is 25.8 Å². The van der Waals surface area contributed by atoms with Crippen molar-refractivity contribution in [3.63, 3.8) is 0 Å². The lowest BCUT2D eigenvalue weighted by molar-refractivity contribution is 0.0600. The molecule has 1 N–H and O–H groups in total. The van der Waals surface area contributed by atoms with Crippen LogP contribution in [0.5, 0.6) is 0 Å². The summed E-state index contributed by atoms with van der Waals surface area (Å²) >= 11 is 1.64. The van der Waals surface area contributed by atoms with Gasteiger partial charge in [0.05, 0.1) is 18.1 Å². The van der Waals surface area contributed by atoms with Crippen LogP contribution in [0.15, 0.2) is 45.6 Å². The van der Waals surface area contributed by atoms with Crippen molar-refractivity contribution < 1.29 is 13.9 Å². The maximum Gasteiger partial charge on any atom is 0.337 e. The number of aryl methyl sites for hydroxylation is 1. The van der Waals surface area contributed by atoms with E-state index in [-0.39, 0.29) is 16.9 Å². The van der Waals surface area contributed by atoms with E-state index in [9.17, 15) is 9.59 Å². The largest absolute Gasteiger partial charge is 0.465 e. The molecule has 33 heavy (non-hydrogen) atoms. The first-order chi connectivity index (χ1) is 15.7. The van der Waals surface area contributed by atoms with Gasteiger partial charge in [-0.15, -0.1) is 11.3 Å². The number of thiophene rings is 1. The summed E-state index contributed by atoms with van der Waals surface area (Å²) < 4.78 is 10.7. The number of hydrogen-bond donors (Lipinski definition) is 1. The van der Waals surface area contributed by atoms with Crippen molar-refractivity contribution in [3.8, 4) is 22.9 Å². The predicted molar refractivity (Wildman–Crippen MR) is 130 cm³/mol. The van der Waals surface area contributed by atoms with Crippen LogP contribution in [0.3, 0.4) is 0 Å². The average molecular weight is 463 g/mol. The van der Waals surface area contributed by atoms with Crippen LogP contribution in [-0.4, -0.2) is 23.0 Å². The van der Waals surface area contributed by atoms with Gasteiger partial charge in [-0.3, -0.25) is 4.79 Å². The minimum atomic E-state index is -0.385. The number of benzene rings is 1. The third-order valence-electron chi connectivity index (χ3n) is 6.57. The first-order valence-electron chi connectivity index (χ1n) is 11.1. The normalized spacial score (nSPS) is 16.1. The maximum absolute atomic E-state index is 13.0. The molecule has 0 aliphatic heterocycles. The summed E-state index contributed by atoms with van der Waals surface area (Å²) in [6.45, 7) is 6.86. The van der Waals surface area contributed by atoms with Gasteiger partial charge in [0.15, 0.2) is 11.6 Å². The lowest BCUT2D eigenvalue weighted by atomic mass is 9.72. The highest BCUT2D eigenvalue weighted by Crippen LogP contribution is 2.42. The number of aromatic amines is 1. The van der Waals surface area contributed by atoms with Gasteiger partial charge in [0, 0.05) is 10.4 Å². The number of carbonyl (C=O) groups is 1. The van der Waals surface area contributed by atoms with Gasteiger partial charge in [0.2, 0.25) is 0 Å². The van der Waals surface area contributed by atoms with Crippen LogP contribution in [0.1, 0.15) is 48.0 Å². The smallest absolute Gasteiger partial charge is 0.337 e. The minimum absolute atomic E-state index is 0.109. The first kappa shape index (κ1) is 21.6. The highest BCUT2D eigenvalue weighted by atomic mass is 32.1. The minimum Gasteiger partial charge on any atom is -0.465 e. The fourth-order valence-electron chi connectivity index (χ4n) is 4.55. The van der Waals surface area contributed by atoms with Crippen molar-refractivity contribution in [2.45, 2.75) is 40.0 Å². The molecule has 0 radical (unpaired) electrons. The van der Waals surface area contributed by atoms with Crippen molar-refractivity contribution in [1.29, 1.82) is 0 Å². The molecule has 1 aliphatic rings. The van der Waals surface area contributed by atoms with Gasteiger partial charge in [-0.25, -0.2) is 9.78 Å². The molecule has 0 amide bonds. The molecule has 7 heteroatoms. The second-order valence-corrected chi connectivity index (χ2v) is 10.7. The lowest BCUT2D eigenvalue weighted by Gasteiger charge is -2.33. The third-order valence-corrected chi connectivity index (χ3v) is 7.72. The van der Waals surface area contributed by atoms with E-state index in [1.807, 2.05) is 6.07 Å². The molecule has 1 atom stereocenters. The van der Waals surface area contributed by atoms with Gasteiger partial charge in [0.25, 0.3) is 5.56 Å². The lowest BCUT2D eigenvalue weighted by Crippen LogP contribution is -2.26. The van der Waals surface area contributed by atoms with Crippen LogP contribution in [-0.2, 0) is 17.6 Å². The summed E-state index contributed by atoms with van der Waals surface area (Å²) in [5.74, 6) is 1.78. The number of H-pyrrole nitrogens is 1. The Balaban J connectivity index is 1.47. The first-order valence-corrected chi connectivity index (χ1v) is 11.9. The van der Waals surface area contributed by atoms with Crippen LogP contribution in [0.4, 0.5) is 0 Å². The zero-order valence-corrected chi connectivity index (χ0v) is 20.0. The van der Waals surface area contributed by atoms with E-state index < -0.39 is 0 Å². The molecule has 0 fully saturated rings. The Morgan fingerprint density at radius 2 is 1.88 bits per heavy atom. The Morgan fingerprint density at radius 3 is 2.58 bits per heavy atom. The Morgan fingerprint density at radius 1 is 1.15 bits per heavy atom. The van der Waals surface area contributed by atoms with Crippen molar-refractivity contribution in [1.82, 2.24) is 9.97 Å². The molecule has 1 aromatic carbocycles. The van der Waals surface area contributed by atoms with E-state index in [1.54, 1.807) is 41.7 Å². The molecular weight excluding hydrogens is 436 g/mol. The highest BCUT2D eigenvalue weighted by molar-refractivity contribution is 7.18. The molecule has 170 valence electrons. The molecule has 0 bridgehead atoms. The van der Waals surface area contributed by atoms with E-state index >= 15 is 0 Å². The predicted octanol–water partition coefficient (Wildman–Crippen LogP) is 5.85. The Kier molecular flexibility index (Phi) is 5.24. The molecule has 0 unspecified atom stereocenters. The summed E-state index contributed by atoms with van der Waals surface area (Å²) in [6, 6.07) is 10.6. The number of ether oxygens (including phenoxy) is 1. The van der Waals surface area contributed by atoms with Crippen LogP contribution in [0, 0.1) is 11.3 Å². The number of methoxy groups -OCH3 is 1. The number of aromatic nitrogens is 2. The van der Waals surface area contributed by atoms with Gasteiger partial charge >= 0.3 is 5.97 Å². The average Bonchev–Trinajstić information content (AvgIpc) is 3.42. The van der Waals surface area contributed by atoms with Gasteiger partial charge < -0.3 is 14.1 Å². The van der Waals surface area contributed by atoms with E-state index in [0.29, 0.717) is 28.8 Å². The van der Waals surface area contributed by atoms with Gasteiger partial charge in [-0.1, -0.05) is 32.9 Å². The number of furan rings is 1. The van der Waals surface area contributed by atoms with Gasteiger partial charge in [0.1, 0.15) is 10.6 Å².